The van der Waals surface area contributed by atoms with Crippen molar-refractivity contribution in [2.75, 3.05) is 20.6 Å². The van der Waals surface area contributed by atoms with Gasteiger partial charge in [0.25, 0.3) is 0 Å². The van der Waals surface area contributed by atoms with Gasteiger partial charge in [-0.05, 0) is 46.2 Å². The molecule has 1 aliphatic carbocycles. The first-order chi connectivity index (χ1) is 9.04. The maximum atomic E-state index is 12.5. The van der Waals surface area contributed by atoms with Gasteiger partial charge in [-0.25, -0.2) is 0 Å². The molecule has 0 radical (unpaired) electrons. The Morgan fingerprint density at radius 1 is 1.37 bits per heavy atom. The largest absolute Gasteiger partial charge is 0.324 e. The van der Waals surface area contributed by atoms with Gasteiger partial charge in [-0.3, -0.25) is 10.1 Å². The number of nitrogens with zero attached hydrogens (tertiary/aromatic N) is 2. The Morgan fingerprint density at radius 3 is 2.47 bits per heavy atom. The van der Waals surface area contributed by atoms with E-state index in [1.165, 1.54) is 19.3 Å². The zero-order chi connectivity index (χ0) is 14.0. The van der Waals surface area contributed by atoms with Crippen LogP contribution in [0.5, 0.6) is 0 Å². The number of likely N-dealkylation sites (N-methyl/N-ethyl adjacent to an activating group) is 1. The molecule has 19 heavy (non-hydrogen) atoms. The Kier molecular flexibility index (Phi) is 4.51. The van der Waals surface area contributed by atoms with Crippen LogP contribution in [0.4, 0.5) is 0 Å². The maximum Gasteiger partial charge on any atom is 0.241 e. The molecule has 4 nitrogen and oxygen atoms in total. The van der Waals surface area contributed by atoms with E-state index in [0.717, 1.165) is 25.8 Å². The molecule has 2 atom stereocenters. The summed E-state index contributed by atoms with van der Waals surface area (Å²) >= 11 is 0. The van der Waals surface area contributed by atoms with E-state index in [9.17, 15) is 4.79 Å². The van der Waals surface area contributed by atoms with Gasteiger partial charge in [-0.2, -0.15) is 0 Å². The van der Waals surface area contributed by atoms with Crippen molar-refractivity contribution in [3.8, 4) is 0 Å². The third-order valence-corrected chi connectivity index (χ3v) is 5.01. The van der Waals surface area contributed by atoms with Gasteiger partial charge in [-0.1, -0.05) is 20.3 Å². The van der Waals surface area contributed by atoms with E-state index in [0.29, 0.717) is 5.91 Å². The second-order valence-corrected chi connectivity index (χ2v) is 6.37. The first kappa shape index (κ1) is 14.8. The minimum absolute atomic E-state index is 0.0502. The number of carbonyl (C=O) groups excluding carboxylic acids is 1. The summed E-state index contributed by atoms with van der Waals surface area (Å²) in [6.07, 6.45) is 6.99. The number of hydrogen-bond donors (Lipinski definition) is 1. The lowest BCUT2D eigenvalue weighted by Gasteiger charge is -2.49. The summed E-state index contributed by atoms with van der Waals surface area (Å²) < 4.78 is 0. The van der Waals surface area contributed by atoms with Gasteiger partial charge in [0, 0.05) is 12.1 Å². The summed E-state index contributed by atoms with van der Waals surface area (Å²) in [7, 11) is 4.30. The molecule has 2 unspecified atom stereocenters. The first-order valence-corrected chi connectivity index (χ1v) is 7.78. The molecular formula is C15H29N3O. The molecule has 2 aliphatic rings. The molecule has 1 saturated carbocycles. The molecule has 1 aliphatic heterocycles. The number of nitrogens with one attached hydrogen (secondary N) is 1. The Balaban J connectivity index is 2.07. The van der Waals surface area contributed by atoms with Crippen LogP contribution in [0.1, 0.15) is 52.4 Å². The van der Waals surface area contributed by atoms with Crippen LogP contribution in [0, 0.1) is 0 Å². The van der Waals surface area contributed by atoms with Crippen LogP contribution < -0.4 is 5.32 Å². The summed E-state index contributed by atoms with van der Waals surface area (Å²) in [6, 6.07) is 0.0502. The van der Waals surface area contributed by atoms with Crippen molar-refractivity contribution >= 4 is 5.91 Å². The molecule has 0 aromatic heterocycles. The van der Waals surface area contributed by atoms with Crippen molar-refractivity contribution < 1.29 is 4.79 Å². The number of amides is 1. The second kappa shape index (κ2) is 5.80. The fraction of sp³-hybridized carbons (Fsp3) is 0.933. The summed E-state index contributed by atoms with van der Waals surface area (Å²) in [6.45, 7) is 5.20. The molecule has 0 bridgehead atoms. The van der Waals surface area contributed by atoms with E-state index in [-0.39, 0.29) is 17.7 Å². The van der Waals surface area contributed by atoms with Gasteiger partial charge in [0.05, 0.1) is 12.2 Å². The van der Waals surface area contributed by atoms with Crippen molar-refractivity contribution in [1.29, 1.82) is 0 Å². The van der Waals surface area contributed by atoms with Crippen LogP contribution in [0.2, 0.25) is 0 Å². The lowest BCUT2D eigenvalue weighted by atomic mass is 9.75. The van der Waals surface area contributed by atoms with E-state index >= 15 is 0 Å². The fourth-order valence-electron chi connectivity index (χ4n) is 3.42. The van der Waals surface area contributed by atoms with Crippen LogP contribution in [0.25, 0.3) is 0 Å². The van der Waals surface area contributed by atoms with Crippen molar-refractivity contribution in [2.45, 2.75) is 70.1 Å². The monoisotopic (exact) mass is 267 g/mol. The van der Waals surface area contributed by atoms with E-state index in [4.69, 9.17) is 0 Å². The molecule has 1 amide bonds. The van der Waals surface area contributed by atoms with Crippen molar-refractivity contribution in [1.82, 2.24) is 15.1 Å². The molecule has 1 heterocycles. The highest BCUT2D eigenvalue weighted by atomic mass is 16.2. The SMILES string of the molecule is CCCC1NC(CC)N(CC2(N(C)C)CCC2)C1=O. The summed E-state index contributed by atoms with van der Waals surface area (Å²) in [5.41, 5.74) is 0.228. The minimum Gasteiger partial charge on any atom is -0.324 e. The van der Waals surface area contributed by atoms with Crippen LogP contribution >= 0.6 is 0 Å². The zero-order valence-electron chi connectivity index (χ0n) is 12.9. The average Bonchev–Trinajstić information content (AvgIpc) is 2.61. The van der Waals surface area contributed by atoms with Gasteiger partial charge in [-0.15, -0.1) is 0 Å². The van der Waals surface area contributed by atoms with Crippen molar-refractivity contribution in [3.63, 3.8) is 0 Å². The number of hydrogen-bond acceptors (Lipinski definition) is 3. The van der Waals surface area contributed by atoms with Gasteiger partial charge >= 0.3 is 0 Å². The van der Waals surface area contributed by atoms with Crippen LogP contribution in [0.15, 0.2) is 0 Å². The van der Waals surface area contributed by atoms with Gasteiger partial charge in [0.2, 0.25) is 5.91 Å². The summed E-state index contributed by atoms with van der Waals surface area (Å²) in [4.78, 5) is 17.0. The molecule has 0 spiro atoms. The smallest absolute Gasteiger partial charge is 0.241 e. The van der Waals surface area contributed by atoms with Gasteiger partial charge in [0.15, 0.2) is 0 Å². The third-order valence-electron chi connectivity index (χ3n) is 5.01. The Morgan fingerprint density at radius 2 is 2.05 bits per heavy atom. The quantitative estimate of drug-likeness (QED) is 0.797. The Hall–Kier alpha value is -0.610. The fourth-order valence-corrected chi connectivity index (χ4v) is 3.42. The second-order valence-electron chi connectivity index (χ2n) is 6.37. The highest BCUT2D eigenvalue weighted by Crippen LogP contribution is 2.38. The lowest BCUT2D eigenvalue weighted by molar-refractivity contribution is -0.133. The first-order valence-electron chi connectivity index (χ1n) is 7.78. The predicted octanol–water partition coefficient (Wildman–Crippen LogP) is 1.81. The normalized spacial score (nSPS) is 29.9. The number of carbonyl (C=O) groups is 1. The van der Waals surface area contributed by atoms with E-state index in [1.807, 2.05) is 0 Å². The molecule has 2 rings (SSSR count). The van der Waals surface area contributed by atoms with E-state index in [2.05, 4.69) is 43.1 Å². The number of rotatable bonds is 6. The summed E-state index contributed by atoms with van der Waals surface area (Å²) in [5, 5.41) is 3.51. The molecule has 1 saturated heterocycles. The van der Waals surface area contributed by atoms with E-state index in [1.54, 1.807) is 0 Å². The minimum atomic E-state index is 0.0502. The Labute approximate surface area is 117 Å². The van der Waals surface area contributed by atoms with E-state index < -0.39 is 0 Å². The zero-order valence-corrected chi connectivity index (χ0v) is 12.9. The van der Waals surface area contributed by atoms with Crippen LogP contribution in [-0.2, 0) is 4.79 Å². The standard InChI is InChI=1S/C15H29N3O/c1-5-8-12-14(19)18(13(6-2)16-12)11-15(17(3)4)9-7-10-15/h12-13,16H,5-11H2,1-4H3. The third kappa shape index (κ3) is 2.65. The maximum absolute atomic E-state index is 12.5. The molecule has 2 fully saturated rings. The lowest BCUT2D eigenvalue weighted by Crippen LogP contribution is -2.59. The van der Waals surface area contributed by atoms with Gasteiger partial charge < -0.3 is 9.80 Å². The van der Waals surface area contributed by atoms with Gasteiger partial charge in [0.1, 0.15) is 0 Å². The molecule has 110 valence electrons. The molecular weight excluding hydrogens is 238 g/mol. The predicted molar refractivity (Wildman–Crippen MR) is 77.9 cm³/mol. The van der Waals surface area contributed by atoms with Crippen molar-refractivity contribution in [3.05, 3.63) is 0 Å². The highest BCUT2D eigenvalue weighted by Gasteiger charge is 2.46. The average molecular weight is 267 g/mol. The summed E-state index contributed by atoms with van der Waals surface area (Å²) in [5.74, 6) is 0.321. The molecule has 0 aromatic rings. The Bertz CT molecular complexity index is 325. The molecule has 1 N–H and O–H groups in total. The van der Waals surface area contributed by atoms with Crippen LogP contribution in [-0.4, -0.2) is 54.1 Å². The molecule has 4 heteroatoms. The van der Waals surface area contributed by atoms with Crippen LogP contribution in [0.3, 0.4) is 0 Å². The molecule has 0 aromatic carbocycles. The highest BCUT2D eigenvalue weighted by molar-refractivity contribution is 5.84. The topological polar surface area (TPSA) is 35.6 Å². The van der Waals surface area contributed by atoms with Crippen molar-refractivity contribution in [2.24, 2.45) is 0 Å².